The van der Waals surface area contributed by atoms with Crippen molar-refractivity contribution in [3.8, 4) is 0 Å². The van der Waals surface area contributed by atoms with E-state index in [4.69, 9.17) is 14.7 Å². The molecule has 1 aliphatic rings. The summed E-state index contributed by atoms with van der Waals surface area (Å²) in [5, 5.41) is 17.4. The predicted molar refractivity (Wildman–Crippen MR) is 45.9 cm³/mol. The zero-order valence-electron chi connectivity index (χ0n) is 8.01. The van der Waals surface area contributed by atoms with E-state index in [1.807, 2.05) is 0 Å². The van der Waals surface area contributed by atoms with E-state index in [9.17, 15) is 14.7 Å². The second-order valence-electron chi connectivity index (χ2n) is 3.17. The van der Waals surface area contributed by atoms with E-state index in [-0.39, 0.29) is 26.1 Å². The highest BCUT2D eigenvalue weighted by Crippen LogP contribution is 2.10. The largest absolute Gasteiger partial charge is 0.457 e. The lowest BCUT2D eigenvalue weighted by atomic mass is 10.2. The molecule has 1 fully saturated rings. The fraction of sp³-hybridized carbons (Fsp3) is 0.750. The highest BCUT2D eigenvalue weighted by Gasteiger charge is 2.29. The van der Waals surface area contributed by atoms with Crippen LogP contribution in [0.4, 0.5) is 0 Å². The number of amides is 1. The number of hydrogen-bond acceptors (Lipinski definition) is 6. The minimum Gasteiger partial charge on any atom is -0.457 e. The normalized spacial score (nSPS) is 24.9. The van der Waals surface area contributed by atoms with Crippen molar-refractivity contribution in [2.24, 2.45) is 0 Å². The van der Waals surface area contributed by atoms with Crippen LogP contribution in [0.15, 0.2) is 0 Å². The highest BCUT2D eigenvalue weighted by molar-refractivity contribution is 5.80. The number of hydroxylamine groups is 1. The van der Waals surface area contributed by atoms with Gasteiger partial charge in [-0.25, -0.2) is 5.48 Å². The minimum absolute atomic E-state index is 0.143. The molecule has 3 N–H and O–H groups in total. The number of carbonyl (C=O) groups is 2. The summed E-state index contributed by atoms with van der Waals surface area (Å²) in [5.41, 5.74) is 1.40. The zero-order valence-corrected chi connectivity index (χ0v) is 8.01. The molecule has 2 atom stereocenters. The first-order valence-corrected chi connectivity index (χ1v) is 4.51. The van der Waals surface area contributed by atoms with Crippen molar-refractivity contribution in [2.45, 2.75) is 25.0 Å². The van der Waals surface area contributed by atoms with E-state index in [1.165, 1.54) is 5.48 Å². The first-order valence-electron chi connectivity index (χ1n) is 4.51. The Morgan fingerprint density at radius 1 is 1.40 bits per heavy atom. The maximum Gasteiger partial charge on any atom is 0.306 e. The number of hydrogen-bond donors (Lipinski definition) is 3. The molecule has 7 heteroatoms. The number of aliphatic hydroxyl groups excluding tert-OH is 1. The Morgan fingerprint density at radius 2 is 2.13 bits per heavy atom. The summed E-state index contributed by atoms with van der Waals surface area (Å²) in [4.78, 5) is 21.7. The van der Waals surface area contributed by atoms with E-state index >= 15 is 0 Å². The van der Waals surface area contributed by atoms with Crippen LogP contribution in [0.3, 0.4) is 0 Å². The van der Waals surface area contributed by atoms with Crippen molar-refractivity contribution in [3.05, 3.63) is 0 Å². The summed E-state index contributed by atoms with van der Waals surface area (Å²) < 4.78 is 9.71. The van der Waals surface area contributed by atoms with Crippen LogP contribution in [-0.4, -0.2) is 47.6 Å². The second-order valence-corrected chi connectivity index (χ2v) is 3.17. The Balaban J connectivity index is 2.21. The SMILES string of the molecule is O=C(CCC(=O)O[C@H]1COCC1O)NO. The third-order valence-corrected chi connectivity index (χ3v) is 1.96. The van der Waals surface area contributed by atoms with Gasteiger partial charge in [0, 0.05) is 6.42 Å². The van der Waals surface area contributed by atoms with Crippen molar-refractivity contribution in [1.29, 1.82) is 0 Å². The van der Waals surface area contributed by atoms with E-state index in [1.54, 1.807) is 0 Å². The van der Waals surface area contributed by atoms with Crippen LogP contribution in [0.1, 0.15) is 12.8 Å². The zero-order chi connectivity index (χ0) is 11.3. The van der Waals surface area contributed by atoms with Crippen LogP contribution in [0.5, 0.6) is 0 Å². The van der Waals surface area contributed by atoms with Gasteiger partial charge in [0.15, 0.2) is 6.10 Å². The van der Waals surface area contributed by atoms with Crippen LogP contribution >= 0.6 is 0 Å². The first-order chi connectivity index (χ1) is 7.13. The van der Waals surface area contributed by atoms with Gasteiger partial charge < -0.3 is 14.6 Å². The summed E-state index contributed by atoms with van der Waals surface area (Å²) in [6.45, 7) is 0.314. The van der Waals surface area contributed by atoms with Gasteiger partial charge >= 0.3 is 5.97 Å². The number of rotatable bonds is 4. The average molecular weight is 219 g/mol. The molecule has 1 amide bonds. The Labute approximate surface area is 85.9 Å². The van der Waals surface area contributed by atoms with Crippen molar-refractivity contribution in [1.82, 2.24) is 5.48 Å². The molecule has 0 aromatic carbocycles. The number of nitrogens with one attached hydrogen (secondary N) is 1. The standard InChI is InChI=1S/C8H13NO6/c10-5-3-14-4-6(5)15-8(12)2-1-7(11)9-13/h5-6,10,13H,1-4H2,(H,9,11)/t5?,6-/m0/s1. The lowest BCUT2D eigenvalue weighted by Crippen LogP contribution is -2.30. The molecule has 1 unspecified atom stereocenters. The summed E-state index contributed by atoms with van der Waals surface area (Å²) in [6.07, 6.45) is -1.76. The van der Waals surface area contributed by atoms with E-state index in [0.717, 1.165) is 0 Å². The number of carbonyl (C=O) groups excluding carboxylic acids is 2. The molecule has 0 bridgehead atoms. The number of esters is 1. The molecule has 86 valence electrons. The Kier molecular flexibility index (Phi) is 4.47. The fourth-order valence-corrected chi connectivity index (χ4v) is 1.14. The third kappa shape index (κ3) is 3.82. The quantitative estimate of drug-likeness (QED) is 0.304. The molecule has 0 aromatic rings. The number of aliphatic hydroxyl groups is 1. The third-order valence-electron chi connectivity index (χ3n) is 1.96. The van der Waals surface area contributed by atoms with Crippen molar-refractivity contribution in [2.75, 3.05) is 13.2 Å². The number of ether oxygens (including phenoxy) is 2. The lowest BCUT2D eigenvalue weighted by Gasteiger charge is -2.13. The summed E-state index contributed by atoms with van der Waals surface area (Å²) >= 11 is 0. The second kappa shape index (κ2) is 5.64. The molecule has 0 saturated carbocycles. The fourth-order valence-electron chi connectivity index (χ4n) is 1.14. The van der Waals surface area contributed by atoms with Gasteiger partial charge in [-0.2, -0.15) is 0 Å². The lowest BCUT2D eigenvalue weighted by molar-refractivity contribution is -0.154. The van der Waals surface area contributed by atoms with Gasteiger partial charge in [-0.3, -0.25) is 14.8 Å². The average Bonchev–Trinajstić information content (AvgIpc) is 2.61. The molecular weight excluding hydrogens is 206 g/mol. The Hall–Kier alpha value is -1.18. The maximum atomic E-state index is 11.1. The highest BCUT2D eigenvalue weighted by atomic mass is 16.6. The molecule has 0 spiro atoms. The molecule has 7 nitrogen and oxygen atoms in total. The minimum atomic E-state index is -0.805. The van der Waals surface area contributed by atoms with E-state index in [0.29, 0.717) is 0 Å². The van der Waals surface area contributed by atoms with Crippen LogP contribution in [0.2, 0.25) is 0 Å². The van der Waals surface area contributed by atoms with Crippen LogP contribution < -0.4 is 5.48 Å². The monoisotopic (exact) mass is 219 g/mol. The molecule has 15 heavy (non-hydrogen) atoms. The topological polar surface area (TPSA) is 105 Å². The predicted octanol–water partition coefficient (Wildman–Crippen LogP) is -1.43. The molecule has 0 radical (unpaired) electrons. The van der Waals surface area contributed by atoms with Gasteiger partial charge in [0.2, 0.25) is 5.91 Å². The molecular formula is C8H13NO6. The van der Waals surface area contributed by atoms with E-state index < -0.39 is 24.1 Å². The van der Waals surface area contributed by atoms with Gasteiger partial charge in [0.05, 0.1) is 19.6 Å². The van der Waals surface area contributed by atoms with Crippen molar-refractivity contribution >= 4 is 11.9 Å². The van der Waals surface area contributed by atoms with Gasteiger partial charge in [0.25, 0.3) is 0 Å². The van der Waals surface area contributed by atoms with Crippen molar-refractivity contribution < 1.29 is 29.4 Å². The van der Waals surface area contributed by atoms with Gasteiger partial charge in [-0.1, -0.05) is 0 Å². The molecule has 0 aromatic heterocycles. The van der Waals surface area contributed by atoms with Crippen LogP contribution in [0, 0.1) is 0 Å². The van der Waals surface area contributed by atoms with Gasteiger partial charge in [-0.15, -0.1) is 0 Å². The van der Waals surface area contributed by atoms with Gasteiger partial charge in [-0.05, 0) is 0 Å². The molecule has 0 aliphatic carbocycles. The Bertz CT molecular complexity index is 243. The Morgan fingerprint density at radius 3 is 2.67 bits per heavy atom. The first kappa shape index (κ1) is 11.9. The molecule has 1 heterocycles. The van der Waals surface area contributed by atoms with Crippen LogP contribution in [0.25, 0.3) is 0 Å². The van der Waals surface area contributed by atoms with Gasteiger partial charge in [0.1, 0.15) is 6.10 Å². The smallest absolute Gasteiger partial charge is 0.306 e. The molecule has 1 rings (SSSR count). The molecule has 1 aliphatic heterocycles. The molecule has 1 saturated heterocycles. The summed E-state index contributed by atoms with van der Waals surface area (Å²) in [6, 6.07) is 0. The van der Waals surface area contributed by atoms with E-state index in [2.05, 4.69) is 0 Å². The maximum absolute atomic E-state index is 11.1. The van der Waals surface area contributed by atoms with Crippen LogP contribution in [-0.2, 0) is 19.1 Å². The summed E-state index contributed by atoms with van der Waals surface area (Å²) in [5.74, 6) is -1.26. The van der Waals surface area contributed by atoms with Crippen molar-refractivity contribution in [3.63, 3.8) is 0 Å². The summed E-state index contributed by atoms with van der Waals surface area (Å²) in [7, 11) is 0.